The van der Waals surface area contributed by atoms with Crippen LogP contribution >= 0.6 is 0 Å². The number of nitrogens with one attached hydrogen (secondary N) is 2. The summed E-state index contributed by atoms with van der Waals surface area (Å²) in [5.41, 5.74) is -0.727. The van der Waals surface area contributed by atoms with Gasteiger partial charge in [-0.1, -0.05) is 20.3 Å². The fourth-order valence-electron chi connectivity index (χ4n) is 3.36. The Balaban J connectivity index is 2.03. The Bertz CT molecular complexity index is 520. The van der Waals surface area contributed by atoms with Gasteiger partial charge in [0.1, 0.15) is 5.76 Å². The van der Waals surface area contributed by atoms with Crippen LogP contribution in [0.25, 0.3) is 0 Å². The maximum atomic E-state index is 10.5. The number of aliphatic imine (C=N–C) groups is 1. The first-order valence-electron chi connectivity index (χ1n) is 10.1. The summed E-state index contributed by atoms with van der Waals surface area (Å²) in [4.78, 5) is 7.11. The molecule has 1 atom stereocenters. The molecule has 2 rings (SSSR count). The number of likely N-dealkylation sites (tertiary alicyclic amines) is 1. The molecule has 1 aromatic rings. The molecule has 1 saturated heterocycles. The zero-order chi connectivity index (χ0) is 18.8. The fraction of sp³-hybridized carbons (Fsp3) is 0.750. The van der Waals surface area contributed by atoms with Crippen LogP contribution < -0.4 is 10.6 Å². The predicted molar refractivity (Wildman–Crippen MR) is 106 cm³/mol. The molecular weight excluding hydrogens is 328 g/mol. The second-order valence-electron chi connectivity index (χ2n) is 7.14. The molecule has 0 aliphatic carbocycles. The predicted octanol–water partition coefficient (Wildman–Crippen LogP) is 2.91. The molecule has 0 bridgehead atoms. The Labute approximate surface area is 158 Å². The van der Waals surface area contributed by atoms with Crippen molar-refractivity contribution in [2.75, 3.05) is 32.7 Å². The summed E-state index contributed by atoms with van der Waals surface area (Å²) < 4.78 is 5.71. The number of furan rings is 1. The molecule has 0 amide bonds. The van der Waals surface area contributed by atoms with Crippen molar-refractivity contribution in [3.63, 3.8) is 0 Å². The normalized spacial score (nSPS) is 17.9. The standard InChI is InChI=1S/C20H36N4O2/c1-4-20(25,5-2)16-23-19(21-6-3)22-15-17(18-11-10-14-26-18)24-12-8-7-9-13-24/h10-11,14,17,25H,4-9,12-13,15-16H2,1-3H3,(H2,21,22,23). The van der Waals surface area contributed by atoms with Crippen molar-refractivity contribution in [3.8, 4) is 0 Å². The van der Waals surface area contributed by atoms with E-state index in [2.05, 4.69) is 33.5 Å². The Hall–Kier alpha value is -1.53. The van der Waals surface area contributed by atoms with E-state index in [0.717, 1.165) is 37.9 Å². The molecule has 0 aromatic carbocycles. The van der Waals surface area contributed by atoms with Crippen LogP contribution in [-0.2, 0) is 0 Å². The van der Waals surface area contributed by atoms with Crippen LogP contribution in [0, 0.1) is 0 Å². The van der Waals surface area contributed by atoms with Crippen LogP contribution in [0.2, 0.25) is 0 Å². The zero-order valence-corrected chi connectivity index (χ0v) is 16.6. The molecular formula is C20H36N4O2. The van der Waals surface area contributed by atoms with Gasteiger partial charge in [-0.3, -0.25) is 9.89 Å². The highest BCUT2D eigenvalue weighted by atomic mass is 16.3. The molecule has 6 nitrogen and oxygen atoms in total. The van der Waals surface area contributed by atoms with Crippen LogP contribution in [0.5, 0.6) is 0 Å². The molecule has 26 heavy (non-hydrogen) atoms. The Kier molecular flexibility index (Phi) is 8.45. The average molecular weight is 365 g/mol. The summed E-state index contributed by atoms with van der Waals surface area (Å²) in [6.45, 7) is 10.2. The molecule has 148 valence electrons. The molecule has 0 radical (unpaired) electrons. The van der Waals surface area contributed by atoms with Crippen molar-refractivity contribution in [1.82, 2.24) is 15.5 Å². The molecule has 1 fully saturated rings. The van der Waals surface area contributed by atoms with Gasteiger partial charge in [0.05, 0.1) is 24.5 Å². The lowest BCUT2D eigenvalue weighted by Gasteiger charge is -2.33. The van der Waals surface area contributed by atoms with E-state index in [0.29, 0.717) is 19.4 Å². The smallest absolute Gasteiger partial charge is 0.191 e. The number of hydrogen-bond donors (Lipinski definition) is 3. The van der Waals surface area contributed by atoms with E-state index in [4.69, 9.17) is 4.42 Å². The number of hydrogen-bond acceptors (Lipinski definition) is 4. The highest BCUT2D eigenvalue weighted by Gasteiger charge is 2.25. The largest absolute Gasteiger partial charge is 0.468 e. The lowest BCUT2D eigenvalue weighted by molar-refractivity contribution is 0.0417. The van der Waals surface area contributed by atoms with E-state index >= 15 is 0 Å². The molecule has 0 spiro atoms. The van der Waals surface area contributed by atoms with E-state index in [1.165, 1.54) is 19.3 Å². The van der Waals surface area contributed by atoms with Crippen molar-refractivity contribution >= 4 is 5.96 Å². The van der Waals surface area contributed by atoms with Crippen LogP contribution in [-0.4, -0.2) is 54.3 Å². The summed E-state index contributed by atoms with van der Waals surface area (Å²) in [6.07, 6.45) is 6.95. The van der Waals surface area contributed by atoms with Gasteiger partial charge in [-0.2, -0.15) is 0 Å². The van der Waals surface area contributed by atoms with E-state index in [-0.39, 0.29) is 6.04 Å². The number of rotatable bonds is 9. The van der Waals surface area contributed by atoms with Crippen molar-refractivity contribution in [1.29, 1.82) is 0 Å². The Morgan fingerprint density at radius 2 is 1.96 bits per heavy atom. The van der Waals surface area contributed by atoms with Gasteiger partial charge in [0.15, 0.2) is 5.96 Å². The first-order valence-corrected chi connectivity index (χ1v) is 10.1. The second kappa shape index (κ2) is 10.6. The van der Waals surface area contributed by atoms with E-state index in [9.17, 15) is 5.11 Å². The molecule has 0 saturated carbocycles. The van der Waals surface area contributed by atoms with E-state index in [1.807, 2.05) is 19.9 Å². The number of nitrogens with zero attached hydrogens (tertiary/aromatic N) is 2. The number of aliphatic hydroxyl groups is 1. The lowest BCUT2D eigenvalue weighted by atomic mass is 9.98. The highest BCUT2D eigenvalue weighted by Crippen LogP contribution is 2.24. The zero-order valence-electron chi connectivity index (χ0n) is 16.6. The fourth-order valence-corrected chi connectivity index (χ4v) is 3.36. The van der Waals surface area contributed by atoms with Gasteiger partial charge in [0.2, 0.25) is 0 Å². The first kappa shape index (κ1) is 20.8. The Morgan fingerprint density at radius 3 is 2.54 bits per heavy atom. The quantitative estimate of drug-likeness (QED) is 0.464. The third kappa shape index (κ3) is 6.02. The van der Waals surface area contributed by atoms with Crippen LogP contribution in [0.4, 0.5) is 0 Å². The van der Waals surface area contributed by atoms with Gasteiger partial charge in [0, 0.05) is 13.1 Å². The minimum absolute atomic E-state index is 0.199. The third-order valence-corrected chi connectivity index (χ3v) is 5.36. The summed E-state index contributed by atoms with van der Waals surface area (Å²) >= 11 is 0. The summed E-state index contributed by atoms with van der Waals surface area (Å²) in [5, 5.41) is 17.2. The molecule has 1 unspecified atom stereocenters. The van der Waals surface area contributed by atoms with Gasteiger partial charge >= 0.3 is 0 Å². The minimum Gasteiger partial charge on any atom is -0.468 e. The second-order valence-corrected chi connectivity index (χ2v) is 7.14. The van der Waals surface area contributed by atoms with Crippen LogP contribution in [0.15, 0.2) is 27.8 Å². The third-order valence-electron chi connectivity index (χ3n) is 5.36. The van der Waals surface area contributed by atoms with Gasteiger partial charge in [-0.15, -0.1) is 0 Å². The first-order chi connectivity index (χ1) is 12.6. The van der Waals surface area contributed by atoms with Gasteiger partial charge in [-0.05, 0) is 57.8 Å². The molecule has 3 N–H and O–H groups in total. The van der Waals surface area contributed by atoms with Crippen molar-refractivity contribution in [2.45, 2.75) is 64.5 Å². The molecule has 1 aliphatic heterocycles. The van der Waals surface area contributed by atoms with Gasteiger partial charge in [-0.25, -0.2) is 0 Å². The molecule has 1 aliphatic rings. The van der Waals surface area contributed by atoms with Gasteiger partial charge in [0.25, 0.3) is 0 Å². The van der Waals surface area contributed by atoms with E-state index < -0.39 is 5.60 Å². The summed E-state index contributed by atoms with van der Waals surface area (Å²) in [7, 11) is 0. The maximum Gasteiger partial charge on any atom is 0.191 e. The van der Waals surface area contributed by atoms with Crippen molar-refractivity contribution in [3.05, 3.63) is 24.2 Å². The Morgan fingerprint density at radius 1 is 1.23 bits per heavy atom. The highest BCUT2D eigenvalue weighted by molar-refractivity contribution is 5.79. The average Bonchev–Trinajstić information content (AvgIpc) is 3.21. The molecule has 1 aromatic heterocycles. The molecule has 6 heteroatoms. The minimum atomic E-state index is -0.727. The molecule has 2 heterocycles. The van der Waals surface area contributed by atoms with Crippen molar-refractivity contribution < 1.29 is 9.52 Å². The summed E-state index contributed by atoms with van der Waals surface area (Å²) in [5.74, 6) is 1.75. The van der Waals surface area contributed by atoms with Crippen molar-refractivity contribution in [2.24, 2.45) is 4.99 Å². The topological polar surface area (TPSA) is 73.0 Å². The number of piperidine rings is 1. The van der Waals surface area contributed by atoms with Crippen LogP contribution in [0.3, 0.4) is 0 Å². The number of guanidine groups is 1. The van der Waals surface area contributed by atoms with Crippen LogP contribution in [0.1, 0.15) is 64.7 Å². The van der Waals surface area contributed by atoms with E-state index in [1.54, 1.807) is 6.26 Å². The SMILES string of the molecule is CCNC(=NCC(O)(CC)CC)NCC(c1ccco1)N1CCCCC1. The maximum absolute atomic E-state index is 10.5. The monoisotopic (exact) mass is 364 g/mol. The lowest BCUT2D eigenvalue weighted by Crippen LogP contribution is -2.45. The summed E-state index contributed by atoms with van der Waals surface area (Å²) in [6, 6.07) is 4.21. The van der Waals surface area contributed by atoms with Gasteiger partial charge < -0.3 is 20.2 Å².